The largest absolute Gasteiger partial charge is 0.380 e. The Bertz CT molecular complexity index is 645. The Balaban J connectivity index is 1.81. The zero-order valence-electron chi connectivity index (χ0n) is 13.0. The molecule has 0 saturated carbocycles. The molecule has 0 amide bonds. The van der Waals surface area contributed by atoms with Crippen molar-refractivity contribution in [3.8, 4) is 0 Å². The highest BCUT2D eigenvalue weighted by molar-refractivity contribution is 5.78. The second kappa shape index (κ2) is 8.32. The minimum atomic E-state index is -0.456. The summed E-state index contributed by atoms with van der Waals surface area (Å²) in [5.74, 6) is 0. The quantitative estimate of drug-likeness (QED) is 0.521. The Kier molecular flexibility index (Phi) is 6.13. The monoisotopic (exact) mass is 301 g/mol. The van der Waals surface area contributed by atoms with E-state index < -0.39 is 10.9 Å². The predicted octanol–water partition coefficient (Wildman–Crippen LogP) is 3.19. The molecule has 0 radical (unpaired) electrons. The first kappa shape index (κ1) is 16.2. The van der Waals surface area contributed by atoms with Crippen LogP contribution >= 0.6 is 0 Å². The zero-order chi connectivity index (χ0) is 15.8. The fraction of sp³-hybridized carbons (Fsp3) is 0.471. The lowest BCUT2D eigenvalue weighted by Crippen LogP contribution is -2.36. The van der Waals surface area contributed by atoms with Crippen molar-refractivity contribution in [1.82, 2.24) is 4.98 Å². The Morgan fingerprint density at radius 1 is 0.909 bits per heavy atom. The molecule has 1 aromatic carbocycles. The highest BCUT2D eigenvalue weighted by Crippen LogP contribution is 2.20. The second-order valence-electron chi connectivity index (χ2n) is 5.46. The highest BCUT2D eigenvalue weighted by atomic mass is 16.2. The second-order valence-corrected chi connectivity index (χ2v) is 5.46. The topological polar surface area (TPSA) is 71.1 Å². The molecule has 0 saturated heterocycles. The third-order valence-electron chi connectivity index (χ3n) is 3.69. The van der Waals surface area contributed by atoms with Crippen LogP contribution in [0.2, 0.25) is 0 Å². The molecule has 0 aliphatic heterocycles. The van der Waals surface area contributed by atoms with Gasteiger partial charge in [-0.2, -0.15) is 0 Å². The summed E-state index contributed by atoms with van der Waals surface area (Å²) >= 11 is 0. The van der Waals surface area contributed by atoms with E-state index in [-0.39, 0.29) is 0 Å². The van der Waals surface area contributed by atoms with Crippen LogP contribution in [0.5, 0.6) is 0 Å². The first-order valence-electron chi connectivity index (χ1n) is 7.98. The van der Waals surface area contributed by atoms with Gasteiger partial charge in [0, 0.05) is 24.6 Å². The molecule has 0 bridgehead atoms. The summed E-state index contributed by atoms with van der Waals surface area (Å²) in [6.07, 6.45) is 10.5. The molecule has 1 heterocycles. The van der Waals surface area contributed by atoms with Crippen molar-refractivity contribution in [3.63, 3.8) is 0 Å². The number of aromatic nitrogens is 1. The van der Waals surface area contributed by atoms with Crippen LogP contribution in [-0.2, 0) is 0 Å². The molecule has 2 aromatic rings. The number of unbranched alkanes of at least 4 members (excludes halogenated alkanes) is 5. The van der Waals surface area contributed by atoms with Crippen molar-refractivity contribution in [1.29, 1.82) is 0 Å². The maximum atomic E-state index is 11.7. The van der Waals surface area contributed by atoms with E-state index in [2.05, 4.69) is 22.5 Å². The lowest BCUT2D eigenvalue weighted by Gasteiger charge is -2.14. The van der Waals surface area contributed by atoms with Crippen LogP contribution in [-0.4, -0.2) is 11.5 Å². The van der Waals surface area contributed by atoms with Gasteiger partial charge in [-0.05, 0) is 18.6 Å². The molecule has 22 heavy (non-hydrogen) atoms. The molecular formula is C17H23N3O2. The summed E-state index contributed by atoms with van der Waals surface area (Å²) < 4.78 is 0. The Hall–Kier alpha value is -2.17. The average Bonchev–Trinajstić information content (AvgIpc) is 2.56. The number of nitrogens with one attached hydrogen (secondary N) is 2. The van der Waals surface area contributed by atoms with Gasteiger partial charge in [0.25, 0.3) is 10.9 Å². The fourth-order valence-electron chi connectivity index (χ4n) is 2.38. The van der Waals surface area contributed by atoms with Crippen LogP contribution in [0.4, 0.5) is 17.1 Å². The van der Waals surface area contributed by atoms with Gasteiger partial charge in [0.1, 0.15) is 11.4 Å². The molecule has 0 aliphatic rings. The number of hydrogen-bond donors (Lipinski definition) is 2. The van der Waals surface area contributed by atoms with Gasteiger partial charge in [-0.1, -0.05) is 39.0 Å². The van der Waals surface area contributed by atoms with Crippen LogP contribution in [0.1, 0.15) is 45.4 Å². The number of anilines is 3. The molecule has 1 aromatic heterocycles. The van der Waals surface area contributed by atoms with E-state index in [9.17, 15) is 9.59 Å². The van der Waals surface area contributed by atoms with Crippen molar-refractivity contribution in [3.05, 3.63) is 45.0 Å². The van der Waals surface area contributed by atoms with Gasteiger partial charge in [0.2, 0.25) is 0 Å². The number of nitrogens with zero attached hydrogens (tertiary/aromatic N) is 1. The standard InChI is InChI=1S/C17H23N3O2/c1-2-3-4-5-6-7-10-19-14-15(17(22)16(14)21)20-13-8-11-18-12-9-13/h8-9,11-12,19H,2-7,10H2,1H3,(H,18,20). The lowest BCUT2D eigenvalue weighted by atomic mass is 10.1. The number of pyridine rings is 1. The average molecular weight is 301 g/mol. The third kappa shape index (κ3) is 4.16. The SMILES string of the molecule is CCCCCCCCNc1c(Nc2ccncc2)c(=O)c1=O. The summed E-state index contributed by atoms with van der Waals surface area (Å²) in [5, 5.41) is 6.08. The first-order chi connectivity index (χ1) is 10.7. The van der Waals surface area contributed by atoms with Crippen LogP contribution < -0.4 is 21.5 Å². The Morgan fingerprint density at radius 3 is 2.27 bits per heavy atom. The molecule has 0 aliphatic carbocycles. The number of rotatable bonds is 10. The van der Waals surface area contributed by atoms with E-state index in [1.807, 2.05) is 0 Å². The molecule has 5 nitrogen and oxygen atoms in total. The van der Waals surface area contributed by atoms with E-state index >= 15 is 0 Å². The molecule has 0 fully saturated rings. The van der Waals surface area contributed by atoms with Crippen molar-refractivity contribution < 1.29 is 0 Å². The minimum absolute atomic E-state index is 0.363. The molecular weight excluding hydrogens is 278 g/mol. The molecule has 118 valence electrons. The molecule has 0 atom stereocenters. The lowest BCUT2D eigenvalue weighted by molar-refractivity contribution is 0.617. The normalized spacial score (nSPS) is 10.8. The van der Waals surface area contributed by atoms with Crippen LogP contribution in [0, 0.1) is 0 Å². The van der Waals surface area contributed by atoms with Gasteiger partial charge in [-0.3, -0.25) is 14.6 Å². The maximum Gasteiger partial charge on any atom is 0.253 e. The van der Waals surface area contributed by atoms with Gasteiger partial charge < -0.3 is 10.6 Å². The fourth-order valence-corrected chi connectivity index (χ4v) is 2.38. The van der Waals surface area contributed by atoms with Gasteiger partial charge in [-0.15, -0.1) is 0 Å². The highest BCUT2D eigenvalue weighted by Gasteiger charge is 2.20. The van der Waals surface area contributed by atoms with Crippen molar-refractivity contribution in [2.24, 2.45) is 0 Å². The zero-order valence-corrected chi connectivity index (χ0v) is 13.0. The van der Waals surface area contributed by atoms with Crippen LogP contribution in [0.3, 0.4) is 0 Å². The Labute approximate surface area is 130 Å². The van der Waals surface area contributed by atoms with Crippen molar-refractivity contribution >= 4 is 17.1 Å². The van der Waals surface area contributed by atoms with E-state index in [4.69, 9.17) is 0 Å². The summed E-state index contributed by atoms with van der Waals surface area (Å²) in [4.78, 5) is 27.2. The van der Waals surface area contributed by atoms with Gasteiger partial charge in [0.15, 0.2) is 0 Å². The summed E-state index contributed by atoms with van der Waals surface area (Å²) in [6.45, 7) is 2.92. The molecule has 0 unspecified atom stereocenters. The van der Waals surface area contributed by atoms with Gasteiger partial charge >= 0.3 is 0 Å². The van der Waals surface area contributed by atoms with Crippen molar-refractivity contribution in [2.45, 2.75) is 45.4 Å². The first-order valence-corrected chi connectivity index (χ1v) is 7.98. The van der Waals surface area contributed by atoms with Crippen LogP contribution in [0.15, 0.2) is 34.1 Å². The summed E-state index contributed by atoms with van der Waals surface area (Å²) in [7, 11) is 0. The van der Waals surface area contributed by atoms with Crippen molar-refractivity contribution in [2.75, 3.05) is 17.2 Å². The smallest absolute Gasteiger partial charge is 0.253 e. The molecule has 2 rings (SSSR count). The van der Waals surface area contributed by atoms with E-state index in [1.165, 1.54) is 25.7 Å². The molecule has 5 heteroatoms. The van der Waals surface area contributed by atoms with E-state index in [0.717, 1.165) is 25.1 Å². The summed E-state index contributed by atoms with van der Waals surface area (Å²) in [5.41, 5.74) is 0.645. The summed E-state index contributed by atoms with van der Waals surface area (Å²) in [6, 6.07) is 3.52. The number of hydrogen-bond acceptors (Lipinski definition) is 5. The Morgan fingerprint density at radius 2 is 1.55 bits per heavy atom. The van der Waals surface area contributed by atoms with Gasteiger partial charge in [-0.25, -0.2) is 0 Å². The predicted molar refractivity (Wildman–Crippen MR) is 90.7 cm³/mol. The van der Waals surface area contributed by atoms with E-state index in [1.54, 1.807) is 24.5 Å². The molecule has 2 N–H and O–H groups in total. The maximum absolute atomic E-state index is 11.7. The molecule has 0 spiro atoms. The third-order valence-corrected chi connectivity index (χ3v) is 3.69. The van der Waals surface area contributed by atoms with Gasteiger partial charge in [0.05, 0.1) is 0 Å². The van der Waals surface area contributed by atoms with Crippen LogP contribution in [0.25, 0.3) is 0 Å². The minimum Gasteiger partial charge on any atom is -0.380 e. The van der Waals surface area contributed by atoms with E-state index in [0.29, 0.717) is 11.4 Å².